The Bertz CT molecular complexity index is 1090. The smallest absolute Gasteiger partial charge is 0.0255 e. The van der Waals surface area contributed by atoms with Crippen molar-refractivity contribution in [2.75, 3.05) is 0 Å². The van der Waals surface area contributed by atoms with Crippen LogP contribution in [0.1, 0.15) is 11.1 Å². The summed E-state index contributed by atoms with van der Waals surface area (Å²) in [5.74, 6) is 0. The molecule has 1 aliphatic rings. The van der Waals surface area contributed by atoms with Crippen molar-refractivity contribution < 1.29 is 0 Å². The van der Waals surface area contributed by atoms with Crippen LogP contribution in [-0.4, -0.2) is 0 Å². The summed E-state index contributed by atoms with van der Waals surface area (Å²) in [6.07, 6.45) is 0. The van der Waals surface area contributed by atoms with E-state index >= 15 is 0 Å². The van der Waals surface area contributed by atoms with Crippen molar-refractivity contribution in [1.29, 1.82) is 0 Å². The molecule has 0 amide bonds. The van der Waals surface area contributed by atoms with Crippen LogP contribution < -0.4 is 0 Å². The Morgan fingerprint density at radius 1 is 0.423 bits per heavy atom. The quantitative estimate of drug-likeness (QED) is 0.354. The normalized spacial score (nSPS) is 14.3. The number of fused-ring (bicyclic) bond motifs is 2. The Morgan fingerprint density at radius 2 is 0.846 bits per heavy atom. The first kappa shape index (κ1) is 15.8. The summed E-state index contributed by atoms with van der Waals surface area (Å²) in [5.41, 5.74) is 2.57. The van der Waals surface area contributed by atoms with Crippen LogP contribution in [0.15, 0.2) is 95.7 Å². The Kier molecular flexibility index (Phi) is 4.08. The minimum absolute atomic E-state index is 1.29. The predicted octanol–water partition coefficient (Wildman–Crippen LogP) is 7.77. The van der Waals surface area contributed by atoms with Crippen LogP contribution in [-0.2, 0) is 0 Å². The molecule has 1 heterocycles. The van der Waals surface area contributed by atoms with Gasteiger partial charge >= 0.3 is 0 Å². The summed E-state index contributed by atoms with van der Waals surface area (Å²) < 4.78 is 0. The van der Waals surface area contributed by atoms with Crippen LogP contribution in [0.25, 0.3) is 31.4 Å². The molecule has 4 aromatic rings. The zero-order valence-corrected chi connectivity index (χ0v) is 15.7. The van der Waals surface area contributed by atoms with Crippen molar-refractivity contribution in [3.05, 3.63) is 107 Å². The monoisotopic (exact) mass is 368 g/mol. The molecular weight excluding hydrogens is 352 g/mol. The second kappa shape index (κ2) is 6.71. The first-order valence-corrected chi connectivity index (χ1v) is 10.3. The number of thioether (sulfide) groups is 2. The van der Waals surface area contributed by atoms with Gasteiger partial charge in [0.1, 0.15) is 0 Å². The van der Waals surface area contributed by atoms with E-state index in [2.05, 4.69) is 95.7 Å². The van der Waals surface area contributed by atoms with Gasteiger partial charge in [-0.05, 0) is 55.6 Å². The molecule has 4 aromatic carbocycles. The summed E-state index contributed by atoms with van der Waals surface area (Å²) >= 11 is 3.62. The lowest BCUT2D eigenvalue weighted by molar-refractivity contribution is 1.70. The molecule has 1 aliphatic heterocycles. The molecular formula is C24H16S2. The van der Waals surface area contributed by atoms with Gasteiger partial charge in [0, 0.05) is 9.81 Å². The third-order valence-corrected chi connectivity index (χ3v) is 6.87. The first-order chi connectivity index (χ1) is 12.9. The molecule has 0 aromatic heterocycles. The van der Waals surface area contributed by atoms with Gasteiger partial charge in [-0.25, -0.2) is 0 Å². The fourth-order valence-electron chi connectivity index (χ4n) is 3.25. The van der Waals surface area contributed by atoms with E-state index in [-0.39, 0.29) is 0 Å². The molecule has 2 heteroatoms. The highest BCUT2D eigenvalue weighted by Crippen LogP contribution is 2.44. The van der Waals surface area contributed by atoms with Gasteiger partial charge in [-0.15, -0.1) is 0 Å². The van der Waals surface area contributed by atoms with E-state index in [0.717, 1.165) is 0 Å². The van der Waals surface area contributed by atoms with E-state index in [1.165, 1.54) is 42.5 Å². The van der Waals surface area contributed by atoms with Crippen molar-refractivity contribution in [3.8, 4) is 0 Å². The molecule has 0 radical (unpaired) electrons. The molecule has 0 aliphatic carbocycles. The lowest BCUT2D eigenvalue weighted by Crippen LogP contribution is -1.86. The number of hydrogen-bond donors (Lipinski definition) is 0. The van der Waals surface area contributed by atoms with E-state index in [1.807, 2.05) is 23.5 Å². The highest BCUT2D eigenvalue weighted by molar-refractivity contribution is 8.18. The van der Waals surface area contributed by atoms with Gasteiger partial charge in [-0.1, -0.05) is 96.3 Å². The van der Waals surface area contributed by atoms with Crippen LogP contribution in [0.2, 0.25) is 0 Å². The number of benzene rings is 4. The third-order valence-electron chi connectivity index (χ3n) is 4.65. The molecule has 0 nitrogen and oxygen atoms in total. The van der Waals surface area contributed by atoms with Crippen LogP contribution >= 0.6 is 23.5 Å². The lowest BCUT2D eigenvalue weighted by Gasteiger charge is -2.14. The van der Waals surface area contributed by atoms with Gasteiger partial charge in [-0.2, -0.15) is 0 Å². The minimum Gasteiger partial charge on any atom is -0.0957 e. The van der Waals surface area contributed by atoms with Gasteiger partial charge in [0.2, 0.25) is 0 Å². The van der Waals surface area contributed by atoms with Crippen molar-refractivity contribution in [3.63, 3.8) is 0 Å². The van der Waals surface area contributed by atoms with E-state index in [4.69, 9.17) is 0 Å². The Balaban J connectivity index is 1.43. The van der Waals surface area contributed by atoms with E-state index in [9.17, 15) is 0 Å². The minimum atomic E-state index is 1.29. The standard InChI is InChI=1S/C24H16S2/c1-3-7-19-13-21(11-9-17(19)5-1)23-15-26-24(16-25-23)22-12-10-18-6-2-4-8-20(18)14-22/h1-16H. The van der Waals surface area contributed by atoms with Crippen molar-refractivity contribution in [2.24, 2.45) is 0 Å². The van der Waals surface area contributed by atoms with Crippen molar-refractivity contribution >= 4 is 54.9 Å². The van der Waals surface area contributed by atoms with Crippen molar-refractivity contribution in [1.82, 2.24) is 0 Å². The maximum absolute atomic E-state index is 2.28. The van der Waals surface area contributed by atoms with Crippen LogP contribution in [0.3, 0.4) is 0 Å². The zero-order chi connectivity index (χ0) is 17.3. The fourth-order valence-corrected chi connectivity index (χ4v) is 5.25. The van der Waals surface area contributed by atoms with Crippen LogP contribution in [0, 0.1) is 0 Å². The summed E-state index contributed by atoms with van der Waals surface area (Å²) in [5, 5.41) is 9.72. The third kappa shape index (κ3) is 2.96. The molecule has 0 atom stereocenters. The molecule has 0 saturated heterocycles. The van der Waals surface area contributed by atoms with Crippen molar-refractivity contribution in [2.45, 2.75) is 0 Å². The summed E-state index contributed by atoms with van der Waals surface area (Å²) in [7, 11) is 0. The molecule has 0 unspecified atom stereocenters. The van der Waals surface area contributed by atoms with Gasteiger partial charge in [0.05, 0.1) is 0 Å². The molecule has 0 fully saturated rings. The molecule has 0 bridgehead atoms. The van der Waals surface area contributed by atoms with Crippen LogP contribution in [0.4, 0.5) is 0 Å². The van der Waals surface area contributed by atoms with Gasteiger partial charge in [0.25, 0.3) is 0 Å². The Morgan fingerprint density at radius 3 is 1.27 bits per heavy atom. The number of rotatable bonds is 2. The molecule has 0 saturated carbocycles. The molecule has 5 rings (SSSR count). The Labute approximate surface area is 161 Å². The van der Waals surface area contributed by atoms with Gasteiger partial charge in [0.15, 0.2) is 0 Å². The zero-order valence-electron chi connectivity index (χ0n) is 14.1. The maximum Gasteiger partial charge on any atom is 0.0255 e. The second-order valence-electron chi connectivity index (χ2n) is 6.32. The summed E-state index contributed by atoms with van der Waals surface area (Å²) in [6.45, 7) is 0. The Hall–Kier alpha value is -2.42. The highest BCUT2D eigenvalue weighted by Gasteiger charge is 2.11. The lowest BCUT2D eigenvalue weighted by atomic mass is 10.1. The van der Waals surface area contributed by atoms with E-state index < -0.39 is 0 Å². The molecule has 0 N–H and O–H groups in total. The van der Waals surface area contributed by atoms with E-state index in [0.29, 0.717) is 0 Å². The fraction of sp³-hybridized carbons (Fsp3) is 0. The molecule has 0 spiro atoms. The predicted molar refractivity (Wildman–Crippen MR) is 119 cm³/mol. The topological polar surface area (TPSA) is 0 Å². The second-order valence-corrected chi connectivity index (χ2v) is 8.15. The summed E-state index contributed by atoms with van der Waals surface area (Å²) in [4.78, 5) is 2.62. The van der Waals surface area contributed by atoms with Gasteiger partial charge in [-0.3, -0.25) is 0 Å². The SMILES string of the molecule is C1=C(c2ccc3ccccc3c2)SC=C(c2ccc3ccccc3c2)S1. The number of hydrogen-bond acceptors (Lipinski definition) is 2. The molecule has 124 valence electrons. The highest BCUT2D eigenvalue weighted by atomic mass is 32.2. The van der Waals surface area contributed by atoms with Gasteiger partial charge < -0.3 is 0 Å². The average Bonchev–Trinajstić information content (AvgIpc) is 2.73. The first-order valence-electron chi connectivity index (χ1n) is 8.59. The average molecular weight is 369 g/mol. The maximum atomic E-state index is 2.28. The van der Waals surface area contributed by atoms with Crippen LogP contribution in [0.5, 0.6) is 0 Å². The summed E-state index contributed by atoms with van der Waals surface area (Å²) in [6, 6.07) is 30.5. The van der Waals surface area contributed by atoms with E-state index in [1.54, 1.807) is 0 Å². The largest absolute Gasteiger partial charge is 0.0957 e. The molecule has 26 heavy (non-hydrogen) atoms.